The maximum Gasteiger partial charge on any atom is 0.240 e. The maximum atomic E-state index is 12.6. The number of benzene rings is 1. The minimum atomic E-state index is -3.67. The number of halogens is 1. The Kier molecular flexibility index (Phi) is 9.27. The first-order valence-electron chi connectivity index (χ1n) is 8.70. The predicted octanol–water partition coefficient (Wildman–Crippen LogP) is 4.22. The van der Waals surface area contributed by atoms with Crippen LogP contribution in [0.2, 0.25) is 5.02 Å². The first kappa shape index (κ1) is 21.4. The summed E-state index contributed by atoms with van der Waals surface area (Å²) in [5.74, 6) is 0.394. The zero-order valence-electron chi connectivity index (χ0n) is 14.8. The van der Waals surface area contributed by atoms with Crippen LogP contribution in [0.25, 0.3) is 0 Å². The Hall–Kier alpha value is -0.620. The van der Waals surface area contributed by atoms with Crippen molar-refractivity contribution in [3.63, 3.8) is 0 Å². The molecule has 138 valence electrons. The lowest BCUT2D eigenvalue weighted by atomic mass is 9.84. The van der Waals surface area contributed by atoms with Gasteiger partial charge in [-0.15, -0.1) is 0 Å². The van der Waals surface area contributed by atoms with Crippen molar-refractivity contribution in [2.45, 2.75) is 63.8 Å². The van der Waals surface area contributed by atoms with Gasteiger partial charge in [-0.3, -0.25) is 0 Å². The minimum Gasteiger partial charge on any atom is -0.395 e. The van der Waals surface area contributed by atoms with Crippen LogP contribution in [0.1, 0.15) is 52.9 Å². The van der Waals surface area contributed by atoms with Crippen LogP contribution in [-0.4, -0.2) is 26.2 Å². The molecule has 4 nitrogen and oxygen atoms in total. The van der Waals surface area contributed by atoms with Crippen LogP contribution < -0.4 is 4.72 Å². The molecule has 0 aromatic heterocycles. The van der Waals surface area contributed by atoms with Gasteiger partial charge in [0.1, 0.15) is 0 Å². The van der Waals surface area contributed by atoms with Crippen LogP contribution >= 0.6 is 11.6 Å². The molecular weight excluding hydrogens is 346 g/mol. The van der Waals surface area contributed by atoms with Gasteiger partial charge in [0.25, 0.3) is 0 Å². The second-order valence-corrected chi connectivity index (χ2v) is 8.77. The summed E-state index contributed by atoms with van der Waals surface area (Å²) >= 11 is 5.81. The fourth-order valence-electron chi connectivity index (χ4n) is 2.95. The van der Waals surface area contributed by atoms with Gasteiger partial charge in [0.15, 0.2) is 0 Å². The van der Waals surface area contributed by atoms with Crippen molar-refractivity contribution in [2.24, 2.45) is 11.8 Å². The number of aliphatic hydroxyl groups excluding tert-OH is 1. The largest absolute Gasteiger partial charge is 0.395 e. The monoisotopic (exact) mass is 375 g/mol. The molecule has 0 bridgehead atoms. The van der Waals surface area contributed by atoms with Crippen LogP contribution in [0.15, 0.2) is 29.2 Å². The summed E-state index contributed by atoms with van der Waals surface area (Å²) in [6.45, 7) is 6.10. The summed E-state index contributed by atoms with van der Waals surface area (Å²) in [6.07, 6.45) is 5.45. The van der Waals surface area contributed by atoms with Gasteiger partial charge in [-0.05, 0) is 42.5 Å². The van der Waals surface area contributed by atoms with Crippen LogP contribution in [0, 0.1) is 11.8 Å². The maximum absolute atomic E-state index is 12.6. The summed E-state index contributed by atoms with van der Waals surface area (Å²) in [7, 11) is -3.67. The number of rotatable bonds is 11. The number of hydrogen-bond donors (Lipinski definition) is 2. The van der Waals surface area contributed by atoms with Gasteiger partial charge in [0.2, 0.25) is 10.0 Å². The molecule has 2 N–H and O–H groups in total. The van der Waals surface area contributed by atoms with Gasteiger partial charge in [0.05, 0.1) is 11.5 Å². The average molecular weight is 376 g/mol. The Bertz CT molecular complexity index is 572. The van der Waals surface area contributed by atoms with Crippen LogP contribution in [0.5, 0.6) is 0 Å². The van der Waals surface area contributed by atoms with Crippen molar-refractivity contribution in [3.05, 3.63) is 29.3 Å². The Labute approximate surface area is 151 Å². The van der Waals surface area contributed by atoms with Crippen molar-refractivity contribution in [3.8, 4) is 0 Å². The molecule has 0 heterocycles. The Morgan fingerprint density at radius 1 is 1.12 bits per heavy atom. The summed E-state index contributed by atoms with van der Waals surface area (Å²) in [5.41, 5.74) is 0. The molecule has 0 saturated heterocycles. The molecule has 2 atom stereocenters. The third-order valence-corrected chi connectivity index (χ3v) is 6.15. The average Bonchev–Trinajstić information content (AvgIpc) is 2.53. The van der Waals surface area contributed by atoms with Crippen molar-refractivity contribution >= 4 is 21.6 Å². The SMILES string of the molecule is CCCCCC[C@H](C(C)C)[C@@H](CO)NS(=O)(=O)c1ccc(Cl)cc1. The molecule has 0 aliphatic carbocycles. The third-order valence-electron chi connectivity index (χ3n) is 4.39. The molecular formula is C18H30ClNO3S. The zero-order chi connectivity index (χ0) is 18.2. The molecule has 0 amide bonds. The van der Waals surface area contributed by atoms with E-state index in [2.05, 4.69) is 25.5 Å². The van der Waals surface area contributed by atoms with E-state index < -0.39 is 16.1 Å². The Balaban J connectivity index is 2.82. The van der Waals surface area contributed by atoms with Crippen LogP contribution in [-0.2, 0) is 10.0 Å². The lowest BCUT2D eigenvalue weighted by molar-refractivity contribution is 0.177. The van der Waals surface area contributed by atoms with E-state index in [0.29, 0.717) is 5.02 Å². The van der Waals surface area contributed by atoms with E-state index in [4.69, 9.17) is 11.6 Å². The van der Waals surface area contributed by atoms with Crippen molar-refractivity contribution in [1.29, 1.82) is 0 Å². The summed E-state index contributed by atoms with van der Waals surface area (Å²) < 4.78 is 27.8. The third kappa shape index (κ3) is 6.71. The molecule has 1 aromatic carbocycles. The van der Waals surface area contributed by atoms with E-state index in [1.54, 1.807) is 12.1 Å². The quantitative estimate of drug-likeness (QED) is 0.569. The first-order valence-corrected chi connectivity index (χ1v) is 10.6. The Morgan fingerprint density at radius 2 is 1.75 bits per heavy atom. The number of aliphatic hydroxyl groups is 1. The standard InChI is InChI=1S/C18H30ClNO3S/c1-4-5-6-7-8-17(14(2)3)18(13-21)20-24(22,23)16-11-9-15(19)10-12-16/h9-12,14,17-18,20-21H,4-8,13H2,1-3H3/t17-,18-/m1/s1. The smallest absolute Gasteiger partial charge is 0.240 e. The Morgan fingerprint density at radius 3 is 2.25 bits per heavy atom. The minimum absolute atomic E-state index is 0.105. The van der Waals surface area contributed by atoms with Crippen molar-refractivity contribution in [1.82, 2.24) is 4.72 Å². The summed E-state index contributed by atoms with van der Waals surface area (Å²) in [4.78, 5) is 0.166. The highest BCUT2D eigenvalue weighted by Crippen LogP contribution is 2.24. The molecule has 0 saturated carbocycles. The lowest BCUT2D eigenvalue weighted by Crippen LogP contribution is -2.44. The molecule has 0 radical (unpaired) electrons. The highest BCUT2D eigenvalue weighted by Gasteiger charge is 2.28. The highest BCUT2D eigenvalue weighted by molar-refractivity contribution is 7.89. The fourth-order valence-corrected chi connectivity index (χ4v) is 4.35. The van der Waals surface area contributed by atoms with E-state index in [0.717, 1.165) is 19.3 Å². The van der Waals surface area contributed by atoms with E-state index in [-0.39, 0.29) is 23.3 Å². The van der Waals surface area contributed by atoms with Crippen molar-refractivity contribution in [2.75, 3.05) is 6.61 Å². The highest BCUT2D eigenvalue weighted by atomic mass is 35.5. The normalized spacial score (nSPS) is 14.8. The van der Waals surface area contributed by atoms with Crippen LogP contribution in [0.4, 0.5) is 0 Å². The molecule has 0 spiro atoms. The first-order chi connectivity index (χ1) is 11.3. The molecule has 6 heteroatoms. The van der Waals surface area contributed by atoms with Gasteiger partial charge in [-0.25, -0.2) is 13.1 Å². The van der Waals surface area contributed by atoms with Crippen molar-refractivity contribution < 1.29 is 13.5 Å². The van der Waals surface area contributed by atoms with E-state index in [9.17, 15) is 13.5 Å². The van der Waals surface area contributed by atoms with Gasteiger partial charge < -0.3 is 5.11 Å². The lowest BCUT2D eigenvalue weighted by Gasteiger charge is -2.29. The zero-order valence-corrected chi connectivity index (χ0v) is 16.4. The molecule has 1 rings (SSSR count). The number of nitrogens with one attached hydrogen (secondary N) is 1. The van der Waals surface area contributed by atoms with Gasteiger partial charge in [-0.2, -0.15) is 0 Å². The van der Waals surface area contributed by atoms with Crippen LogP contribution in [0.3, 0.4) is 0 Å². The second kappa shape index (κ2) is 10.4. The molecule has 1 aromatic rings. The van der Waals surface area contributed by atoms with Gasteiger partial charge in [-0.1, -0.05) is 58.1 Å². The molecule has 0 fully saturated rings. The summed E-state index contributed by atoms with van der Waals surface area (Å²) in [6, 6.07) is 5.58. The van der Waals surface area contributed by atoms with Gasteiger partial charge in [0, 0.05) is 11.1 Å². The van der Waals surface area contributed by atoms with E-state index in [1.165, 1.54) is 25.0 Å². The molecule has 24 heavy (non-hydrogen) atoms. The number of unbranched alkanes of at least 4 members (excludes halogenated alkanes) is 3. The molecule has 0 aliphatic heterocycles. The molecule has 0 aliphatic rings. The number of sulfonamides is 1. The summed E-state index contributed by atoms with van der Waals surface area (Å²) in [5, 5.41) is 10.2. The number of hydrogen-bond acceptors (Lipinski definition) is 3. The van der Waals surface area contributed by atoms with Gasteiger partial charge >= 0.3 is 0 Å². The van der Waals surface area contributed by atoms with E-state index >= 15 is 0 Å². The molecule has 0 unspecified atom stereocenters. The topological polar surface area (TPSA) is 66.4 Å². The van der Waals surface area contributed by atoms with E-state index in [1.807, 2.05) is 0 Å². The second-order valence-electron chi connectivity index (χ2n) is 6.62. The fraction of sp³-hybridized carbons (Fsp3) is 0.667. The predicted molar refractivity (Wildman–Crippen MR) is 99.7 cm³/mol.